The maximum Gasteiger partial charge on any atom is 0.120 e. The molecule has 1 fully saturated rings. The summed E-state index contributed by atoms with van der Waals surface area (Å²) in [6.45, 7) is 1.78. The highest BCUT2D eigenvalue weighted by Gasteiger charge is 2.14. The minimum atomic E-state index is 0.467. The molecule has 1 aliphatic heterocycles. The van der Waals surface area contributed by atoms with Crippen molar-refractivity contribution in [3.05, 3.63) is 28.2 Å². The SMILES string of the molecule is N#Cc1ccc(OCC2CCCN2)cc1Br. The van der Waals surface area contributed by atoms with Gasteiger partial charge >= 0.3 is 0 Å². The Kier molecular flexibility index (Phi) is 3.81. The van der Waals surface area contributed by atoms with Crippen molar-refractivity contribution in [1.82, 2.24) is 5.32 Å². The molecule has 4 heteroatoms. The van der Waals surface area contributed by atoms with Crippen LogP contribution in [-0.4, -0.2) is 19.2 Å². The first-order valence-electron chi connectivity index (χ1n) is 5.35. The van der Waals surface area contributed by atoms with Crippen LogP contribution in [0, 0.1) is 11.3 Å². The van der Waals surface area contributed by atoms with Crippen LogP contribution in [0.2, 0.25) is 0 Å². The van der Waals surface area contributed by atoms with Crippen LogP contribution in [0.3, 0.4) is 0 Å². The second-order valence-electron chi connectivity index (χ2n) is 3.86. The van der Waals surface area contributed by atoms with Gasteiger partial charge in [-0.15, -0.1) is 0 Å². The first-order chi connectivity index (χ1) is 7.79. The maximum absolute atomic E-state index is 8.78. The summed E-state index contributed by atoms with van der Waals surface area (Å²) in [6, 6.07) is 8.01. The summed E-state index contributed by atoms with van der Waals surface area (Å²) < 4.78 is 6.45. The first kappa shape index (κ1) is 11.4. The molecule has 0 saturated carbocycles. The van der Waals surface area contributed by atoms with Gasteiger partial charge in [0.1, 0.15) is 18.4 Å². The summed E-state index contributed by atoms with van der Waals surface area (Å²) >= 11 is 3.34. The standard InChI is InChI=1S/C12H13BrN2O/c13-12-6-11(4-3-9(12)7-14)16-8-10-2-1-5-15-10/h3-4,6,10,15H,1-2,5,8H2. The van der Waals surface area contributed by atoms with Crippen molar-refractivity contribution in [3.63, 3.8) is 0 Å². The van der Waals surface area contributed by atoms with Gasteiger partial charge in [-0.05, 0) is 53.5 Å². The van der Waals surface area contributed by atoms with E-state index < -0.39 is 0 Å². The number of benzene rings is 1. The molecule has 2 rings (SSSR count). The Labute approximate surface area is 104 Å². The highest BCUT2D eigenvalue weighted by Crippen LogP contribution is 2.22. The molecule has 0 amide bonds. The zero-order valence-electron chi connectivity index (χ0n) is 8.87. The van der Waals surface area contributed by atoms with E-state index in [1.165, 1.54) is 12.8 Å². The Hall–Kier alpha value is -1.05. The molecular formula is C12H13BrN2O. The van der Waals surface area contributed by atoms with Gasteiger partial charge < -0.3 is 10.1 Å². The fraction of sp³-hybridized carbons (Fsp3) is 0.417. The summed E-state index contributed by atoms with van der Waals surface area (Å²) in [5.74, 6) is 0.805. The molecule has 1 saturated heterocycles. The van der Waals surface area contributed by atoms with E-state index in [0.29, 0.717) is 18.2 Å². The van der Waals surface area contributed by atoms with Gasteiger partial charge in [-0.25, -0.2) is 0 Å². The van der Waals surface area contributed by atoms with E-state index in [-0.39, 0.29) is 0 Å². The number of nitrogens with zero attached hydrogens (tertiary/aromatic N) is 1. The molecule has 0 bridgehead atoms. The second kappa shape index (κ2) is 5.33. The Morgan fingerprint density at radius 3 is 3.06 bits per heavy atom. The number of ether oxygens (including phenoxy) is 1. The third-order valence-electron chi connectivity index (χ3n) is 2.67. The van der Waals surface area contributed by atoms with Crippen LogP contribution in [0.5, 0.6) is 5.75 Å². The van der Waals surface area contributed by atoms with Crippen LogP contribution < -0.4 is 10.1 Å². The molecule has 3 nitrogen and oxygen atoms in total. The molecule has 1 atom stereocenters. The van der Waals surface area contributed by atoms with Gasteiger partial charge in [-0.2, -0.15) is 5.26 Å². The highest BCUT2D eigenvalue weighted by atomic mass is 79.9. The molecule has 0 aromatic heterocycles. The van der Waals surface area contributed by atoms with E-state index in [0.717, 1.165) is 16.8 Å². The smallest absolute Gasteiger partial charge is 0.120 e. The molecule has 0 radical (unpaired) electrons. The summed E-state index contributed by atoms with van der Waals surface area (Å²) in [5.41, 5.74) is 0.631. The number of nitriles is 1. The zero-order valence-corrected chi connectivity index (χ0v) is 10.5. The third kappa shape index (κ3) is 2.75. The van der Waals surface area contributed by atoms with Gasteiger partial charge in [0.15, 0.2) is 0 Å². The van der Waals surface area contributed by atoms with Crippen molar-refractivity contribution in [3.8, 4) is 11.8 Å². The van der Waals surface area contributed by atoms with Crippen molar-refractivity contribution >= 4 is 15.9 Å². The van der Waals surface area contributed by atoms with E-state index in [2.05, 4.69) is 27.3 Å². The van der Waals surface area contributed by atoms with Crippen molar-refractivity contribution in [1.29, 1.82) is 5.26 Å². The number of halogens is 1. The van der Waals surface area contributed by atoms with Crippen LogP contribution in [0.1, 0.15) is 18.4 Å². The Morgan fingerprint density at radius 2 is 2.44 bits per heavy atom. The number of hydrogen-bond acceptors (Lipinski definition) is 3. The van der Waals surface area contributed by atoms with Gasteiger partial charge in [0.05, 0.1) is 5.56 Å². The van der Waals surface area contributed by atoms with Crippen molar-refractivity contribution < 1.29 is 4.74 Å². The van der Waals surface area contributed by atoms with Crippen molar-refractivity contribution in [2.75, 3.05) is 13.2 Å². The lowest BCUT2D eigenvalue weighted by Crippen LogP contribution is -2.28. The normalized spacial score (nSPS) is 19.4. The van der Waals surface area contributed by atoms with Crippen LogP contribution in [0.15, 0.2) is 22.7 Å². The lowest BCUT2D eigenvalue weighted by Gasteiger charge is -2.12. The monoisotopic (exact) mass is 280 g/mol. The molecule has 84 valence electrons. The van der Waals surface area contributed by atoms with Gasteiger partial charge in [0.25, 0.3) is 0 Å². The molecule has 0 aliphatic carbocycles. The summed E-state index contributed by atoms with van der Waals surface area (Å²) in [7, 11) is 0. The molecule has 1 unspecified atom stereocenters. The number of rotatable bonds is 3. The minimum absolute atomic E-state index is 0.467. The Bertz CT molecular complexity index is 408. The number of nitrogens with one attached hydrogen (secondary N) is 1. The fourth-order valence-electron chi connectivity index (χ4n) is 1.77. The second-order valence-corrected chi connectivity index (χ2v) is 4.71. The average Bonchev–Trinajstić information content (AvgIpc) is 2.79. The lowest BCUT2D eigenvalue weighted by atomic mass is 10.2. The van der Waals surface area contributed by atoms with Crippen LogP contribution in [0.4, 0.5) is 0 Å². The molecule has 1 aliphatic rings. The third-order valence-corrected chi connectivity index (χ3v) is 3.33. The summed E-state index contributed by atoms with van der Waals surface area (Å²) in [4.78, 5) is 0. The maximum atomic E-state index is 8.78. The molecule has 0 spiro atoms. The van der Waals surface area contributed by atoms with Crippen LogP contribution in [0.25, 0.3) is 0 Å². The van der Waals surface area contributed by atoms with E-state index in [9.17, 15) is 0 Å². The highest BCUT2D eigenvalue weighted by molar-refractivity contribution is 9.10. The molecule has 1 heterocycles. The van der Waals surface area contributed by atoms with Crippen molar-refractivity contribution in [2.45, 2.75) is 18.9 Å². The largest absolute Gasteiger partial charge is 0.492 e. The van der Waals surface area contributed by atoms with E-state index in [4.69, 9.17) is 10.00 Å². The fourth-order valence-corrected chi connectivity index (χ4v) is 2.22. The van der Waals surface area contributed by atoms with E-state index >= 15 is 0 Å². The van der Waals surface area contributed by atoms with E-state index in [1.54, 1.807) is 6.07 Å². The molecule has 1 aromatic rings. The Balaban J connectivity index is 1.94. The molecular weight excluding hydrogens is 268 g/mol. The van der Waals surface area contributed by atoms with Gasteiger partial charge in [0, 0.05) is 10.5 Å². The van der Waals surface area contributed by atoms with Gasteiger partial charge in [-0.3, -0.25) is 0 Å². The quantitative estimate of drug-likeness (QED) is 0.925. The van der Waals surface area contributed by atoms with Crippen molar-refractivity contribution in [2.24, 2.45) is 0 Å². The Morgan fingerprint density at radius 1 is 1.56 bits per heavy atom. The average molecular weight is 281 g/mol. The van der Waals surface area contributed by atoms with E-state index in [1.807, 2.05) is 12.1 Å². The first-order valence-corrected chi connectivity index (χ1v) is 6.15. The summed E-state index contributed by atoms with van der Waals surface area (Å²) in [6.07, 6.45) is 2.41. The molecule has 1 aromatic carbocycles. The number of hydrogen-bond donors (Lipinski definition) is 1. The lowest BCUT2D eigenvalue weighted by molar-refractivity contribution is 0.277. The van der Waals surface area contributed by atoms with Crippen LogP contribution >= 0.6 is 15.9 Å². The van der Waals surface area contributed by atoms with Crippen LogP contribution in [-0.2, 0) is 0 Å². The molecule has 1 N–H and O–H groups in total. The van der Waals surface area contributed by atoms with Gasteiger partial charge in [0.2, 0.25) is 0 Å². The minimum Gasteiger partial charge on any atom is -0.492 e. The topological polar surface area (TPSA) is 45.0 Å². The zero-order chi connectivity index (χ0) is 11.4. The summed E-state index contributed by atoms with van der Waals surface area (Å²) in [5, 5.41) is 12.2. The molecule has 16 heavy (non-hydrogen) atoms. The predicted octanol–water partition coefficient (Wildman–Crippen LogP) is 2.45. The van der Waals surface area contributed by atoms with Gasteiger partial charge in [-0.1, -0.05) is 0 Å². The predicted molar refractivity (Wildman–Crippen MR) is 65.4 cm³/mol.